The average Bonchev–Trinajstić information content (AvgIpc) is 2.78. The van der Waals surface area contributed by atoms with E-state index in [-0.39, 0.29) is 12.5 Å². The highest BCUT2D eigenvalue weighted by atomic mass is 16.5. The number of benzene rings is 1. The zero-order valence-corrected chi connectivity index (χ0v) is 9.86. The summed E-state index contributed by atoms with van der Waals surface area (Å²) in [6.07, 6.45) is 3.59. The molecule has 1 aromatic rings. The van der Waals surface area contributed by atoms with Crippen molar-refractivity contribution in [3.63, 3.8) is 0 Å². The van der Waals surface area contributed by atoms with Gasteiger partial charge in [0.25, 0.3) is 0 Å². The van der Waals surface area contributed by atoms with Gasteiger partial charge in [-0.3, -0.25) is 0 Å². The molecule has 1 aliphatic heterocycles. The van der Waals surface area contributed by atoms with Crippen molar-refractivity contribution >= 4 is 0 Å². The van der Waals surface area contributed by atoms with Gasteiger partial charge in [-0.15, -0.1) is 0 Å². The molecule has 1 aromatic carbocycles. The number of hydrogen-bond acceptors (Lipinski definition) is 2. The predicted octanol–water partition coefficient (Wildman–Crippen LogP) is 2.64. The average molecular weight is 220 g/mol. The van der Waals surface area contributed by atoms with Gasteiger partial charge < -0.3 is 9.84 Å². The second-order valence-corrected chi connectivity index (χ2v) is 4.66. The second kappa shape index (κ2) is 5.46. The van der Waals surface area contributed by atoms with Gasteiger partial charge in [-0.05, 0) is 31.7 Å². The predicted molar refractivity (Wildman–Crippen MR) is 64.6 cm³/mol. The van der Waals surface area contributed by atoms with Crippen LogP contribution in [0.4, 0.5) is 0 Å². The molecule has 0 spiro atoms. The zero-order valence-electron chi connectivity index (χ0n) is 9.86. The van der Waals surface area contributed by atoms with Crippen LogP contribution in [0, 0.1) is 6.92 Å². The van der Waals surface area contributed by atoms with E-state index in [0.29, 0.717) is 6.10 Å². The maximum Gasteiger partial charge on any atom is 0.0582 e. The standard InChI is InChI=1S/C14H20O2/c1-11-4-2-5-12(8-11)13(10-15)9-14-6-3-7-16-14/h2,4-5,8,13-15H,3,6-7,9-10H2,1H3. The van der Waals surface area contributed by atoms with Gasteiger partial charge >= 0.3 is 0 Å². The molecule has 2 heteroatoms. The molecule has 16 heavy (non-hydrogen) atoms. The summed E-state index contributed by atoms with van der Waals surface area (Å²) in [4.78, 5) is 0. The Bertz CT molecular complexity index is 329. The molecule has 0 radical (unpaired) electrons. The lowest BCUT2D eigenvalue weighted by Gasteiger charge is -2.19. The van der Waals surface area contributed by atoms with Crippen LogP contribution in [0.15, 0.2) is 24.3 Å². The van der Waals surface area contributed by atoms with Crippen molar-refractivity contribution in [2.75, 3.05) is 13.2 Å². The third kappa shape index (κ3) is 2.83. The van der Waals surface area contributed by atoms with Crippen LogP contribution in [0.3, 0.4) is 0 Å². The number of ether oxygens (including phenoxy) is 1. The van der Waals surface area contributed by atoms with Crippen LogP contribution >= 0.6 is 0 Å². The van der Waals surface area contributed by atoms with Crippen molar-refractivity contribution in [1.29, 1.82) is 0 Å². The summed E-state index contributed by atoms with van der Waals surface area (Å²) in [5.41, 5.74) is 2.49. The number of aliphatic hydroxyl groups is 1. The third-order valence-corrected chi connectivity index (χ3v) is 3.31. The minimum atomic E-state index is 0.212. The number of rotatable bonds is 4. The topological polar surface area (TPSA) is 29.5 Å². The summed E-state index contributed by atoms with van der Waals surface area (Å²) in [6.45, 7) is 3.18. The van der Waals surface area contributed by atoms with Gasteiger partial charge in [0.1, 0.15) is 0 Å². The first kappa shape index (κ1) is 11.6. The Morgan fingerprint density at radius 2 is 2.38 bits per heavy atom. The fourth-order valence-corrected chi connectivity index (χ4v) is 2.39. The first-order valence-electron chi connectivity index (χ1n) is 6.08. The van der Waals surface area contributed by atoms with Crippen molar-refractivity contribution in [2.45, 2.75) is 38.2 Å². The minimum Gasteiger partial charge on any atom is -0.396 e. The van der Waals surface area contributed by atoms with E-state index in [4.69, 9.17) is 4.74 Å². The monoisotopic (exact) mass is 220 g/mol. The maximum absolute atomic E-state index is 9.48. The highest BCUT2D eigenvalue weighted by Gasteiger charge is 2.21. The van der Waals surface area contributed by atoms with E-state index in [1.807, 2.05) is 0 Å². The lowest BCUT2D eigenvalue weighted by molar-refractivity contribution is 0.0898. The van der Waals surface area contributed by atoms with Crippen molar-refractivity contribution in [2.24, 2.45) is 0 Å². The fourth-order valence-electron chi connectivity index (χ4n) is 2.39. The third-order valence-electron chi connectivity index (χ3n) is 3.31. The molecular formula is C14H20O2. The molecule has 0 saturated carbocycles. The van der Waals surface area contributed by atoms with Gasteiger partial charge in [0.05, 0.1) is 12.7 Å². The summed E-state index contributed by atoms with van der Waals surface area (Å²) in [7, 11) is 0. The lowest BCUT2D eigenvalue weighted by atomic mass is 9.92. The molecule has 1 aliphatic rings. The minimum absolute atomic E-state index is 0.212. The van der Waals surface area contributed by atoms with Crippen LogP contribution in [0.25, 0.3) is 0 Å². The van der Waals surface area contributed by atoms with Crippen LogP contribution in [-0.4, -0.2) is 24.4 Å². The second-order valence-electron chi connectivity index (χ2n) is 4.66. The summed E-state index contributed by atoms with van der Waals surface area (Å²) < 4.78 is 5.63. The molecule has 1 N–H and O–H groups in total. The van der Waals surface area contributed by atoms with E-state index in [9.17, 15) is 5.11 Å². The van der Waals surface area contributed by atoms with Gasteiger partial charge in [0.2, 0.25) is 0 Å². The van der Waals surface area contributed by atoms with Crippen molar-refractivity contribution in [1.82, 2.24) is 0 Å². The van der Waals surface area contributed by atoms with Crippen LogP contribution in [0.1, 0.15) is 36.3 Å². The van der Waals surface area contributed by atoms with Gasteiger partial charge in [-0.2, -0.15) is 0 Å². The van der Waals surface area contributed by atoms with Gasteiger partial charge in [-0.1, -0.05) is 29.8 Å². The Morgan fingerprint density at radius 1 is 1.50 bits per heavy atom. The summed E-state index contributed by atoms with van der Waals surface area (Å²) in [5.74, 6) is 0.225. The quantitative estimate of drug-likeness (QED) is 0.845. The molecule has 0 bridgehead atoms. The first-order chi connectivity index (χ1) is 7.79. The number of aliphatic hydroxyl groups excluding tert-OH is 1. The number of aryl methyl sites for hydroxylation is 1. The van der Waals surface area contributed by atoms with E-state index in [1.165, 1.54) is 11.1 Å². The van der Waals surface area contributed by atoms with Gasteiger partial charge in [0.15, 0.2) is 0 Å². The Kier molecular flexibility index (Phi) is 3.97. The van der Waals surface area contributed by atoms with E-state index < -0.39 is 0 Å². The molecule has 2 atom stereocenters. The Hall–Kier alpha value is -0.860. The molecule has 0 amide bonds. The Labute approximate surface area is 97.3 Å². The van der Waals surface area contributed by atoms with Gasteiger partial charge in [0, 0.05) is 12.5 Å². The lowest BCUT2D eigenvalue weighted by Crippen LogP contribution is -2.14. The molecular weight excluding hydrogens is 200 g/mol. The van der Waals surface area contributed by atoms with Crippen LogP contribution in [-0.2, 0) is 4.74 Å². The smallest absolute Gasteiger partial charge is 0.0582 e. The Morgan fingerprint density at radius 3 is 3.00 bits per heavy atom. The van der Waals surface area contributed by atoms with Crippen LogP contribution in [0.2, 0.25) is 0 Å². The molecule has 0 aromatic heterocycles. The molecule has 1 saturated heterocycles. The first-order valence-corrected chi connectivity index (χ1v) is 6.08. The summed E-state index contributed by atoms with van der Waals surface area (Å²) in [6, 6.07) is 8.41. The van der Waals surface area contributed by atoms with Crippen LogP contribution in [0.5, 0.6) is 0 Å². The molecule has 1 heterocycles. The summed E-state index contributed by atoms with van der Waals surface area (Å²) >= 11 is 0. The van der Waals surface area contributed by atoms with E-state index in [2.05, 4.69) is 31.2 Å². The largest absolute Gasteiger partial charge is 0.396 e. The maximum atomic E-state index is 9.48. The SMILES string of the molecule is Cc1cccc(C(CO)CC2CCCO2)c1. The highest BCUT2D eigenvalue weighted by molar-refractivity contribution is 5.25. The highest BCUT2D eigenvalue weighted by Crippen LogP contribution is 2.27. The molecule has 1 fully saturated rings. The summed E-state index contributed by atoms with van der Waals surface area (Å²) in [5, 5.41) is 9.48. The van der Waals surface area contributed by atoms with Crippen molar-refractivity contribution in [3.8, 4) is 0 Å². The van der Waals surface area contributed by atoms with Crippen LogP contribution < -0.4 is 0 Å². The van der Waals surface area contributed by atoms with E-state index in [1.54, 1.807) is 0 Å². The van der Waals surface area contributed by atoms with Gasteiger partial charge in [-0.25, -0.2) is 0 Å². The zero-order chi connectivity index (χ0) is 11.4. The van der Waals surface area contributed by atoms with Crippen molar-refractivity contribution < 1.29 is 9.84 Å². The fraction of sp³-hybridized carbons (Fsp3) is 0.571. The molecule has 2 unspecified atom stereocenters. The number of hydrogen-bond donors (Lipinski definition) is 1. The van der Waals surface area contributed by atoms with E-state index in [0.717, 1.165) is 25.9 Å². The molecule has 0 aliphatic carbocycles. The molecule has 2 rings (SSSR count). The normalized spacial score (nSPS) is 22.2. The Balaban J connectivity index is 2.03. The van der Waals surface area contributed by atoms with Crippen molar-refractivity contribution in [3.05, 3.63) is 35.4 Å². The molecule has 2 nitrogen and oxygen atoms in total. The molecule has 88 valence electrons. The van der Waals surface area contributed by atoms with E-state index >= 15 is 0 Å².